The maximum absolute atomic E-state index is 12.5. The van der Waals surface area contributed by atoms with E-state index in [2.05, 4.69) is 15.2 Å². The summed E-state index contributed by atoms with van der Waals surface area (Å²) in [7, 11) is -1.44. The highest BCUT2D eigenvalue weighted by Gasteiger charge is 2.26. The molecule has 0 aromatic carbocycles. The molecule has 3 aliphatic rings. The van der Waals surface area contributed by atoms with Crippen molar-refractivity contribution in [2.24, 2.45) is 4.99 Å². The van der Waals surface area contributed by atoms with Crippen LogP contribution in [0.25, 0.3) is 0 Å². The number of thioether (sulfide) groups is 1. The molecule has 3 heterocycles. The van der Waals surface area contributed by atoms with Crippen LogP contribution >= 0.6 is 11.8 Å². The molecule has 3 saturated heterocycles. The average Bonchev–Trinajstić information content (AvgIpc) is 2.77. The Morgan fingerprint density at radius 2 is 1.93 bits per heavy atom. The van der Waals surface area contributed by atoms with Gasteiger partial charge in [-0.3, -0.25) is 4.99 Å². The number of rotatable bonds is 7. The summed E-state index contributed by atoms with van der Waals surface area (Å²) in [5.41, 5.74) is 0. The predicted octanol–water partition coefficient (Wildman–Crippen LogP) is 0.991. The van der Waals surface area contributed by atoms with Gasteiger partial charge in [-0.1, -0.05) is 0 Å². The second kappa shape index (κ2) is 11.7. The van der Waals surface area contributed by atoms with Crippen molar-refractivity contribution < 1.29 is 17.9 Å². The van der Waals surface area contributed by atoms with Crippen LogP contribution in [0.5, 0.6) is 0 Å². The third-order valence-corrected chi connectivity index (χ3v) is 8.57. The minimum atomic E-state index is -3.19. The maximum atomic E-state index is 12.5. The Hall–Kier alpha value is -0.550. The molecule has 0 radical (unpaired) electrons. The fourth-order valence-electron chi connectivity index (χ4n) is 3.99. The summed E-state index contributed by atoms with van der Waals surface area (Å²) in [6.07, 6.45) is 5.95. The van der Waals surface area contributed by atoms with Crippen LogP contribution in [0.15, 0.2) is 4.99 Å². The number of nitrogens with one attached hydrogen (secondary N) is 1. The first-order chi connectivity index (χ1) is 14.1. The molecule has 10 heteroatoms. The molecule has 1 atom stereocenters. The van der Waals surface area contributed by atoms with Gasteiger partial charge in [0.05, 0.1) is 24.6 Å². The number of sulfonamides is 1. The first-order valence-corrected chi connectivity index (χ1v) is 13.6. The lowest BCUT2D eigenvalue weighted by Crippen LogP contribution is -2.49. The molecule has 0 bridgehead atoms. The standard InChI is InChI=1S/C19H36N4O4S2/c1-20-19(21-7-15-29(24,25)23-10-13-28-14-11-23)22-8-5-17(6-9-22)27-16-18-4-2-3-12-26-18/h17-18H,2-16H2,1H3,(H,20,21). The molecule has 29 heavy (non-hydrogen) atoms. The van der Waals surface area contributed by atoms with E-state index in [9.17, 15) is 8.42 Å². The molecule has 1 unspecified atom stereocenters. The van der Waals surface area contributed by atoms with Crippen molar-refractivity contribution in [1.82, 2.24) is 14.5 Å². The lowest BCUT2D eigenvalue weighted by Gasteiger charge is -2.35. The van der Waals surface area contributed by atoms with Gasteiger partial charge < -0.3 is 19.7 Å². The molecule has 0 aliphatic carbocycles. The first kappa shape index (κ1) is 23.1. The lowest BCUT2D eigenvalue weighted by atomic mass is 10.1. The van der Waals surface area contributed by atoms with Gasteiger partial charge >= 0.3 is 0 Å². The van der Waals surface area contributed by atoms with Crippen LogP contribution in [0.4, 0.5) is 0 Å². The van der Waals surface area contributed by atoms with Crippen LogP contribution in [-0.4, -0.2) is 106 Å². The topological polar surface area (TPSA) is 83.5 Å². The summed E-state index contributed by atoms with van der Waals surface area (Å²) in [6.45, 7) is 4.93. The van der Waals surface area contributed by atoms with E-state index < -0.39 is 10.0 Å². The fraction of sp³-hybridized carbons (Fsp3) is 0.947. The summed E-state index contributed by atoms with van der Waals surface area (Å²) in [4.78, 5) is 6.54. The van der Waals surface area contributed by atoms with Gasteiger partial charge in [0.25, 0.3) is 0 Å². The van der Waals surface area contributed by atoms with Crippen LogP contribution in [0.1, 0.15) is 32.1 Å². The molecule has 8 nitrogen and oxygen atoms in total. The predicted molar refractivity (Wildman–Crippen MR) is 118 cm³/mol. The molecule has 3 aliphatic heterocycles. The maximum Gasteiger partial charge on any atom is 0.215 e. The Morgan fingerprint density at radius 1 is 1.17 bits per heavy atom. The number of hydrogen-bond donors (Lipinski definition) is 1. The first-order valence-electron chi connectivity index (χ1n) is 10.8. The normalized spacial score (nSPS) is 25.9. The lowest BCUT2D eigenvalue weighted by molar-refractivity contribution is -0.0721. The van der Waals surface area contributed by atoms with Crippen molar-refractivity contribution in [3.05, 3.63) is 0 Å². The molecule has 0 aromatic heterocycles. The van der Waals surface area contributed by atoms with Gasteiger partial charge in [0.15, 0.2) is 5.96 Å². The molecule has 0 spiro atoms. The van der Waals surface area contributed by atoms with Gasteiger partial charge in [0, 0.05) is 57.9 Å². The van der Waals surface area contributed by atoms with E-state index in [0.29, 0.717) is 26.2 Å². The van der Waals surface area contributed by atoms with Crippen LogP contribution in [-0.2, 0) is 19.5 Å². The van der Waals surface area contributed by atoms with Crippen LogP contribution in [0.2, 0.25) is 0 Å². The summed E-state index contributed by atoms with van der Waals surface area (Å²) in [5.74, 6) is 2.66. The van der Waals surface area contributed by atoms with E-state index in [1.54, 1.807) is 11.4 Å². The Bertz CT molecular complexity index is 612. The molecule has 3 rings (SSSR count). The number of hydrogen-bond acceptors (Lipinski definition) is 6. The van der Waals surface area contributed by atoms with E-state index in [1.807, 2.05) is 11.8 Å². The number of guanidine groups is 1. The summed E-state index contributed by atoms with van der Waals surface area (Å²) < 4.78 is 38.4. The quantitative estimate of drug-likeness (QED) is 0.459. The van der Waals surface area contributed by atoms with E-state index in [0.717, 1.165) is 56.4 Å². The summed E-state index contributed by atoms with van der Waals surface area (Å²) >= 11 is 1.81. The number of piperidine rings is 1. The van der Waals surface area contributed by atoms with E-state index in [-0.39, 0.29) is 18.0 Å². The Morgan fingerprint density at radius 3 is 2.59 bits per heavy atom. The zero-order valence-corrected chi connectivity index (χ0v) is 19.2. The molecular weight excluding hydrogens is 412 g/mol. The second-order valence-corrected chi connectivity index (χ2v) is 11.1. The largest absolute Gasteiger partial charge is 0.376 e. The number of ether oxygens (including phenoxy) is 2. The molecular formula is C19H36N4O4S2. The van der Waals surface area contributed by atoms with Gasteiger partial charge in [-0.05, 0) is 32.1 Å². The van der Waals surface area contributed by atoms with Gasteiger partial charge in [-0.2, -0.15) is 11.8 Å². The number of aliphatic imine (C=N–C) groups is 1. The van der Waals surface area contributed by atoms with Gasteiger partial charge in [0.2, 0.25) is 10.0 Å². The second-order valence-electron chi connectivity index (χ2n) is 7.81. The van der Waals surface area contributed by atoms with Crippen molar-refractivity contribution in [3.63, 3.8) is 0 Å². The van der Waals surface area contributed by atoms with Crippen molar-refractivity contribution in [1.29, 1.82) is 0 Å². The van der Waals surface area contributed by atoms with E-state index in [1.165, 1.54) is 12.8 Å². The van der Waals surface area contributed by atoms with E-state index in [4.69, 9.17) is 9.47 Å². The number of nitrogens with zero attached hydrogens (tertiary/aromatic N) is 3. The van der Waals surface area contributed by atoms with Crippen molar-refractivity contribution in [2.75, 3.05) is 70.2 Å². The van der Waals surface area contributed by atoms with Crippen molar-refractivity contribution >= 4 is 27.7 Å². The van der Waals surface area contributed by atoms with Crippen molar-refractivity contribution in [3.8, 4) is 0 Å². The highest BCUT2D eigenvalue weighted by Crippen LogP contribution is 2.18. The highest BCUT2D eigenvalue weighted by molar-refractivity contribution is 7.99. The van der Waals surface area contributed by atoms with Crippen LogP contribution in [0.3, 0.4) is 0 Å². The zero-order chi connectivity index (χ0) is 20.5. The van der Waals surface area contributed by atoms with Gasteiger partial charge in [0.1, 0.15) is 0 Å². The van der Waals surface area contributed by atoms with Crippen molar-refractivity contribution in [2.45, 2.75) is 44.3 Å². The fourth-order valence-corrected chi connectivity index (χ4v) is 6.49. The minimum absolute atomic E-state index is 0.109. The third-order valence-electron chi connectivity index (χ3n) is 5.75. The van der Waals surface area contributed by atoms with E-state index >= 15 is 0 Å². The van der Waals surface area contributed by atoms with Crippen LogP contribution in [0, 0.1) is 0 Å². The smallest absolute Gasteiger partial charge is 0.215 e. The average molecular weight is 449 g/mol. The minimum Gasteiger partial charge on any atom is -0.376 e. The third kappa shape index (κ3) is 7.27. The Balaban J connectivity index is 1.35. The zero-order valence-electron chi connectivity index (χ0n) is 17.6. The molecule has 0 aromatic rings. The molecule has 168 valence electrons. The monoisotopic (exact) mass is 448 g/mol. The van der Waals surface area contributed by atoms with Gasteiger partial charge in [-0.25, -0.2) is 12.7 Å². The molecule has 3 fully saturated rings. The molecule has 1 N–H and O–H groups in total. The molecule has 0 saturated carbocycles. The summed E-state index contributed by atoms with van der Waals surface area (Å²) in [6, 6.07) is 0. The van der Waals surface area contributed by atoms with Gasteiger partial charge in [-0.15, -0.1) is 0 Å². The SMILES string of the molecule is CN=C(NCCS(=O)(=O)N1CCSCC1)N1CCC(OCC2CCCCO2)CC1. The molecule has 0 amide bonds. The number of likely N-dealkylation sites (tertiary alicyclic amines) is 1. The highest BCUT2D eigenvalue weighted by atomic mass is 32.2. The Kier molecular flexibility index (Phi) is 9.36. The summed E-state index contributed by atoms with van der Waals surface area (Å²) in [5, 5.41) is 3.24. The Labute approximate surface area is 179 Å². The van der Waals surface area contributed by atoms with Crippen LogP contribution < -0.4 is 5.32 Å².